The molecule has 0 saturated heterocycles. The zero-order valence-corrected chi connectivity index (χ0v) is 11.4. The van der Waals surface area contributed by atoms with E-state index in [2.05, 4.69) is 34.3 Å². The van der Waals surface area contributed by atoms with E-state index in [-0.39, 0.29) is 0 Å². The van der Waals surface area contributed by atoms with Gasteiger partial charge in [-0.2, -0.15) is 0 Å². The third-order valence-corrected chi connectivity index (χ3v) is 4.58. The summed E-state index contributed by atoms with van der Waals surface area (Å²) in [5.74, 6) is 0. The lowest BCUT2D eigenvalue weighted by Crippen LogP contribution is -2.30. The zero-order valence-electron chi connectivity index (χ0n) is 9.79. The Bertz CT molecular complexity index is 478. The van der Waals surface area contributed by atoms with Crippen molar-refractivity contribution in [1.29, 1.82) is 0 Å². The Morgan fingerprint density at radius 3 is 3.00 bits per heavy atom. The van der Waals surface area contributed by atoms with Crippen molar-refractivity contribution in [3.05, 3.63) is 33.5 Å². The predicted octanol–water partition coefficient (Wildman–Crippen LogP) is 3.08. The molecule has 2 aromatic heterocycles. The summed E-state index contributed by atoms with van der Waals surface area (Å²) in [4.78, 5) is 19.0. The third kappa shape index (κ3) is 2.92. The molecule has 3 nitrogen and oxygen atoms in total. The number of carbonyl (C=O) groups excluding carboxylic acids is 1. The third-order valence-electron chi connectivity index (χ3n) is 2.67. The van der Waals surface area contributed by atoms with E-state index in [1.807, 2.05) is 7.05 Å². The lowest BCUT2D eigenvalue weighted by Gasteiger charge is -2.23. The quantitative estimate of drug-likeness (QED) is 0.780. The molecule has 5 heteroatoms. The van der Waals surface area contributed by atoms with E-state index in [1.165, 1.54) is 16.2 Å². The van der Waals surface area contributed by atoms with Crippen molar-refractivity contribution < 1.29 is 4.79 Å². The molecule has 0 bridgehead atoms. The van der Waals surface area contributed by atoms with Crippen molar-refractivity contribution in [2.45, 2.75) is 19.4 Å². The monoisotopic (exact) mass is 266 g/mol. The topological polar surface area (TPSA) is 33.2 Å². The molecule has 0 spiro atoms. The molecule has 0 saturated carbocycles. The van der Waals surface area contributed by atoms with Crippen molar-refractivity contribution in [2.24, 2.45) is 0 Å². The lowest BCUT2D eigenvalue weighted by molar-refractivity contribution is 0.112. The number of nitrogens with zero attached hydrogens (tertiary/aromatic N) is 2. The number of hydrogen-bond donors (Lipinski definition) is 0. The van der Waals surface area contributed by atoms with Crippen molar-refractivity contribution in [3.63, 3.8) is 0 Å². The van der Waals surface area contributed by atoms with Crippen LogP contribution in [0.2, 0.25) is 0 Å². The van der Waals surface area contributed by atoms with E-state index in [9.17, 15) is 4.79 Å². The maximum absolute atomic E-state index is 10.6. The summed E-state index contributed by atoms with van der Waals surface area (Å²) in [6, 6.07) is 4.59. The van der Waals surface area contributed by atoms with Crippen LogP contribution >= 0.6 is 22.7 Å². The van der Waals surface area contributed by atoms with Crippen LogP contribution in [-0.2, 0) is 6.42 Å². The second-order valence-corrected chi connectivity index (χ2v) is 5.98. The van der Waals surface area contributed by atoms with Crippen LogP contribution in [0.15, 0.2) is 23.7 Å². The molecule has 0 radical (unpaired) electrons. The number of aldehydes is 1. The molecule has 2 aromatic rings. The Balaban J connectivity index is 2.03. The van der Waals surface area contributed by atoms with Crippen molar-refractivity contribution in [1.82, 2.24) is 4.98 Å². The van der Waals surface area contributed by atoms with E-state index in [0.29, 0.717) is 10.9 Å². The fraction of sp³-hybridized carbons (Fsp3) is 0.333. The number of aromatic nitrogens is 1. The number of likely N-dealkylation sites (N-methyl/N-ethyl adjacent to an activating group) is 1. The highest BCUT2D eigenvalue weighted by molar-refractivity contribution is 7.17. The average molecular weight is 266 g/mol. The van der Waals surface area contributed by atoms with Gasteiger partial charge >= 0.3 is 0 Å². The molecule has 0 amide bonds. The summed E-state index contributed by atoms with van der Waals surface area (Å²) in [5.41, 5.74) is 0. The summed E-state index contributed by atoms with van der Waals surface area (Å²) >= 11 is 3.21. The number of thiophene rings is 1. The zero-order chi connectivity index (χ0) is 12.3. The molecule has 0 aliphatic carbocycles. The molecule has 1 unspecified atom stereocenters. The van der Waals surface area contributed by atoms with Crippen molar-refractivity contribution in [2.75, 3.05) is 11.9 Å². The molecule has 2 heterocycles. The Morgan fingerprint density at radius 1 is 1.59 bits per heavy atom. The molecule has 17 heavy (non-hydrogen) atoms. The summed E-state index contributed by atoms with van der Waals surface area (Å²) in [6.07, 6.45) is 3.48. The SMILES string of the molecule is CC(Cc1cccs1)N(C)c1ncc(C=O)s1. The van der Waals surface area contributed by atoms with Gasteiger partial charge in [0.15, 0.2) is 11.4 Å². The first-order valence-corrected chi connectivity index (χ1v) is 7.06. The van der Waals surface area contributed by atoms with Crippen molar-refractivity contribution >= 4 is 34.1 Å². The number of thiazole rings is 1. The van der Waals surface area contributed by atoms with Crippen LogP contribution in [0.3, 0.4) is 0 Å². The van der Waals surface area contributed by atoms with E-state index in [4.69, 9.17) is 0 Å². The standard InChI is InChI=1S/C12H14N2OS2/c1-9(6-10-4-3-5-16-10)14(2)12-13-7-11(8-15)17-12/h3-5,7-9H,6H2,1-2H3. The van der Waals surface area contributed by atoms with Crippen molar-refractivity contribution in [3.8, 4) is 0 Å². The molecule has 0 aliphatic heterocycles. The van der Waals surface area contributed by atoms with E-state index >= 15 is 0 Å². The maximum Gasteiger partial charge on any atom is 0.185 e. The summed E-state index contributed by atoms with van der Waals surface area (Å²) < 4.78 is 0. The average Bonchev–Trinajstić information content (AvgIpc) is 2.98. The van der Waals surface area contributed by atoms with Gasteiger partial charge in [-0.15, -0.1) is 11.3 Å². The molecule has 0 aromatic carbocycles. The van der Waals surface area contributed by atoms with Crippen LogP contribution in [-0.4, -0.2) is 24.4 Å². The normalized spacial score (nSPS) is 12.4. The van der Waals surface area contributed by atoms with Crippen LogP contribution in [0.1, 0.15) is 21.5 Å². The minimum absolute atomic E-state index is 0.374. The highest BCUT2D eigenvalue weighted by atomic mass is 32.1. The van der Waals surface area contributed by atoms with Crippen LogP contribution in [0, 0.1) is 0 Å². The van der Waals surface area contributed by atoms with E-state index in [0.717, 1.165) is 17.8 Å². The van der Waals surface area contributed by atoms with Gasteiger partial charge in [0.25, 0.3) is 0 Å². The van der Waals surface area contributed by atoms with Gasteiger partial charge in [0.05, 0.1) is 11.1 Å². The Labute approximate surface area is 109 Å². The van der Waals surface area contributed by atoms with Crippen LogP contribution in [0.5, 0.6) is 0 Å². The number of carbonyl (C=O) groups is 1. The number of rotatable bonds is 5. The van der Waals surface area contributed by atoms with Gasteiger partial charge in [-0.3, -0.25) is 4.79 Å². The molecule has 0 N–H and O–H groups in total. The van der Waals surface area contributed by atoms with Gasteiger partial charge in [0, 0.05) is 24.4 Å². The molecular weight excluding hydrogens is 252 g/mol. The van der Waals surface area contributed by atoms with Gasteiger partial charge in [-0.05, 0) is 18.4 Å². The second kappa shape index (κ2) is 5.42. The number of anilines is 1. The minimum Gasteiger partial charge on any atom is -0.348 e. The van der Waals surface area contributed by atoms with E-state index in [1.54, 1.807) is 17.5 Å². The van der Waals surface area contributed by atoms with Gasteiger partial charge in [0.1, 0.15) is 0 Å². The van der Waals surface area contributed by atoms with Crippen LogP contribution < -0.4 is 4.90 Å². The summed E-state index contributed by atoms with van der Waals surface area (Å²) in [5, 5.41) is 2.99. The summed E-state index contributed by atoms with van der Waals surface area (Å²) in [6.45, 7) is 2.17. The summed E-state index contributed by atoms with van der Waals surface area (Å²) in [7, 11) is 2.02. The first-order chi connectivity index (χ1) is 8.20. The first-order valence-electron chi connectivity index (χ1n) is 5.37. The van der Waals surface area contributed by atoms with Gasteiger partial charge in [0.2, 0.25) is 0 Å². The first kappa shape index (κ1) is 12.3. The van der Waals surface area contributed by atoms with Gasteiger partial charge < -0.3 is 4.90 Å². The minimum atomic E-state index is 0.374. The fourth-order valence-corrected chi connectivity index (χ4v) is 3.16. The lowest BCUT2D eigenvalue weighted by atomic mass is 10.2. The molecule has 0 aliphatic rings. The Morgan fingerprint density at radius 2 is 2.41 bits per heavy atom. The largest absolute Gasteiger partial charge is 0.348 e. The predicted molar refractivity (Wildman–Crippen MR) is 73.4 cm³/mol. The maximum atomic E-state index is 10.6. The van der Waals surface area contributed by atoms with Crippen LogP contribution in [0.25, 0.3) is 0 Å². The number of hydrogen-bond acceptors (Lipinski definition) is 5. The van der Waals surface area contributed by atoms with Gasteiger partial charge in [-0.25, -0.2) is 4.98 Å². The molecule has 1 atom stereocenters. The Hall–Kier alpha value is -1.20. The van der Waals surface area contributed by atoms with Gasteiger partial charge in [-0.1, -0.05) is 17.4 Å². The fourth-order valence-electron chi connectivity index (χ4n) is 1.54. The molecular formula is C12H14N2OS2. The highest BCUT2D eigenvalue weighted by Gasteiger charge is 2.14. The molecule has 0 fully saturated rings. The smallest absolute Gasteiger partial charge is 0.185 e. The second-order valence-electron chi connectivity index (χ2n) is 3.91. The van der Waals surface area contributed by atoms with Crippen LogP contribution in [0.4, 0.5) is 5.13 Å². The Kier molecular flexibility index (Phi) is 3.91. The van der Waals surface area contributed by atoms with E-state index < -0.39 is 0 Å². The highest BCUT2D eigenvalue weighted by Crippen LogP contribution is 2.23. The molecule has 2 rings (SSSR count). The molecule has 90 valence electrons.